The van der Waals surface area contributed by atoms with E-state index in [4.69, 9.17) is 5.73 Å². The van der Waals surface area contributed by atoms with Crippen molar-refractivity contribution in [3.05, 3.63) is 35.9 Å². The zero-order valence-corrected chi connectivity index (χ0v) is 10.1. The highest BCUT2D eigenvalue weighted by Crippen LogP contribution is 2.17. The molecule has 1 saturated heterocycles. The van der Waals surface area contributed by atoms with Gasteiger partial charge in [-0.2, -0.15) is 0 Å². The van der Waals surface area contributed by atoms with Crippen LogP contribution in [0.3, 0.4) is 0 Å². The van der Waals surface area contributed by atoms with Crippen LogP contribution in [0.1, 0.15) is 37.3 Å². The maximum Gasteiger partial charge on any atom is 0.222 e. The van der Waals surface area contributed by atoms with Gasteiger partial charge in [-0.1, -0.05) is 30.3 Å². The third kappa shape index (κ3) is 3.30. The average molecular weight is 232 g/mol. The predicted molar refractivity (Wildman–Crippen MR) is 68.4 cm³/mol. The van der Waals surface area contributed by atoms with Gasteiger partial charge in [0.25, 0.3) is 0 Å². The lowest BCUT2D eigenvalue weighted by atomic mass is 10.0. The van der Waals surface area contributed by atoms with Crippen LogP contribution >= 0.6 is 0 Å². The lowest BCUT2D eigenvalue weighted by Crippen LogP contribution is -2.28. The Bertz CT molecular complexity index is 358. The smallest absolute Gasteiger partial charge is 0.222 e. The molecule has 1 fully saturated rings. The zero-order chi connectivity index (χ0) is 12.1. The van der Waals surface area contributed by atoms with Crippen LogP contribution in [-0.2, 0) is 4.79 Å². The lowest BCUT2D eigenvalue weighted by Gasteiger charge is -2.17. The molecule has 0 aromatic heterocycles. The molecule has 1 amide bonds. The Morgan fingerprint density at radius 2 is 1.88 bits per heavy atom. The van der Waals surface area contributed by atoms with E-state index in [1.54, 1.807) is 0 Å². The molecule has 1 aliphatic rings. The SMILES string of the molecule is NC(CCC(=O)N1CCCC1)c1ccccc1. The van der Waals surface area contributed by atoms with Gasteiger partial charge in [-0.25, -0.2) is 0 Å². The van der Waals surface area contributed by atoms with Crippen molar-refractivity contribution in [3.63, 3.8) is 0 Å². The predicted octanol–water partition coefficient (Wildman–Crippen LogP) is 2.09. The Balaban J connectivity index is 1.80. The molecule has 1 heterocycles. The first-order valence-electron chi connectivity index (χ1n) is 6.35. The van der Waals surface area contributed by atoms with Crippen molar-refractivity contribution in [2.75, 3.05) is 13.1 Å². The molecule has 1 unspecified atom stereocenters. The van der Waals surface area contributed by atoms with E-state index in [1.165, 1.54) is 0 Å². The fourth-order valence-corrected chi connectivity index (χ4v) is 2.27. The summed E-state index contributed by atoms with van der Waals surface area (Å²) in [6.45, 7) is 1.86. The molecule has 0 saturated carbocycles. The normalized spacial score (nSPS) is 17.1. The first kappa shape index (κ1) is 12.1. The van der Waals surface area contributed by atoms with Gasteiger partial charge in [-0.3, -0.25) is 4.79 Å². The summed E-state index contributed by atoms with van der Waals surface area (Å²) in [6, 6.07) is 9.96. The van der Waals surface area contributed by atoms with E-state index in [1.807, 2.05) is 35.2 Å². The maximum absolute atomic E-state index is 11.9. The summed E-state index contributed by atoms with van der Waals surface area (Å²) in [4.78, 5) is 13.8. The first-order chi connectivity index (χ1) is 8.27. The number of hydrogen-bond acceptors (Lipinski definition) is 2. The van der Waals surface area contributed by atoms with Crippen LogP contribution in [0.2, 0.25) is 0 Å². The Kier molecular flexibility index (Phi) is 4.15. The number of benzene rings is 1. The molecule has 0 spiro atoms. The summed E-state index contributed by atoms with van der Waals surface area (Å²) in [5.74, 6) is 0.258. The quantitative estimate of drug-likeness (QED) is 0.864. The van der Waals surface area contributed by atoms with Crippen LogP contribution in [0.25, 0.3) is 0 Å². The number of likely N-dealkylation sites (tertiary alicyclic amines) is 1. The zero-order valence-electron chi connectivity index (χ0n) is 10.1. The molecule has 1 aromatic carbocycles. The molecule has 1 atom stereocenters. The van der Waals surface area contributed by atoms with Gasteiger partial charge in [0.15, 0.2) is 0 Å². The second-order valence-electron chi connectivity index (χ2n) is 4.64. The largest absolute Gasteiger partial charge is 0.343 e. The number of carbonyl (C=O) groups excluding carboxylic acids is 1. The Morgan fingerprint density at radius 1 is 1.24 bits per heavy atom. The minimum absolute atomic E-state index is 0.0252. The van der Waals surface area contributed by atoms with Gasteiger partial charge in [0, 0.05) is 25.6 Å². The maximum atomic E-state index is 11.9. The molecule has 2 N–H and O–H groups in total. The van der Waals surface area contributed by atoms with Crippen molar-refractivity contribution in [1.82, 2.24) is 4.90 Å². The van der Waals surface area contributed by atoms with Gasteiger partial charge in [-0.15, -0.1) is 0 Å². The van der Waals surface area contributed by atoms with Crippen molar-refractivity contribution in [2.24, 2.45) is 5.73 Å². The van der Waals surface area contributed by atoms with Crippen LogP contribution in [-0.4, -0.2) is 23.9 Å². The molecule has 1 aromatic rings. The summed E-state index contributed by atoms with van der Waals surface area (Å²) >= 11 is 0. The van der Waals surface area contributed by atoms with Crippen LogP contribution in [0.5, 0.6) is 0 Å². The van der Waals surface area contributed by atoms with E-state index < -0.39 is 0 Å². The molecular formula is C14H20N2O. The third-order valence-electron chi connectivity index (χ3n) is 3.36. The summed E-state index contributed by atoms with van der Waals surface area (Å²) in [5.41, 5.74) is 7.18. The topological polar surface area (TPSA) is 46.3 Å². The fourth-order valence-electron chi connectivity index (χ4n) is 2.27. The number of carbonyl (C=O) groups is 1. The monoisotopic (exact) mass is 232 g/mol. The molecule has 0 radical (unpaired) electrons. The van der Waals surface area contributed by atoms with Crippen molar-refractivity contribution in [2.45, 2.75) is 31.7 Å². The first-order valence-corrected chi connectivity index (χ1v) is 6.35. The van der Waals surface area contributed by atoms with E-state index in [9.17, 15) is 4.79 Å². The van der Waals surface area contributed by atoms with E-state index in [-0.39, 0.29) is 11.9 Å². The fraction of sp³-hybridized carbons (Fsp3) is 0.500. The van der Waals surface area contributed by atoms with Crippen molar-refractivity contribution < 1.29 is 4.79 Å². The van der Waals surface area contributed by atoms with E-state index in [2.05, 4.69) is 0 Å². The van der Waals surface area contributed by atoms with Crippen molar-refractivity contribution in [3.8, 4) is 0 Å². The van der Waals surface area contributed by atoms with Crippen molar-refractivity contribution >= 4 is 5.91 Å². The van der Waals surface area contributed by atoms with Crippen LogP contribution in [0, 0.1) is 0 Å². The molecule has 0 aliphatic carbocycles. The molecule has 0 bridgehead atoms. The molecule has 3 heteroatoms. The standard InChI is InChI=1S/C14H20N2O/c15-13(12-6-2-1-3-7-12)8-9-14(17)16-10-4-5-11-16/h1-3,6-7,13H,4-5,8-11,15H2. The number of amides is 1. The minimum Gasteiger partial charge on any atom is -0.343 e. The molecule has 92 valence electrons. The molecule has 2 rings (SSSR count). The summed E-state index contributed by atoms with van der Waals surface area (Å²) < 4.78 is 0. The summed E-state index contributed by atoms with van der Waals surface area (Å²) in [5, 5.41) is 0. The van der Waals surface area contributed by atoms with E-state index >= 15 is 0 Å². The Hall–Kier alpha value is -1.35. The Morgan fingerprint density at radius 3 is 2.53 bits per heavy atom. The average Bonchev–Trinajstić information content (AvgIpc) is 2.90. The number of hydrogen-bond donors (Lipinski definition) is 1. The van der Waals surface area contributed by atoms with Gasteiger partial charge in [-0.05, 0) is 24.8 Å². The molecule has 17 heavy (non-hydrogen) atoms. The second kappa shape index (κ2) is 5.82. The van der Waals surface area contributed by atoms with Gasteiger partial charge in [0.2, 0.25) is 5.91 Å². The van der Waals surface area contributed by atoms with E-state index in [0.29, 0.717) is 6.42 Å². The van der Waals surface area contributed by atoms with Crippen LogP contribution in [0.15, 0.2) is 30.3 Å². The highest BCUT2D eigenvalue weighted by Gasteiger charge is 2.18. The number of rotatable bonds is 4. The van der Waals surface area contributed by atoms with Gasteiger partial charge in [0.05, 0.1) is 0 Å². The van der Waals surface area contributed by atoms with Gasteiger partial charge >= 0.3 is 0 Å². The number of nitrogens with two attached hydrogens (primary N) is 1. The molecule has 3 nitrogen and oxygen atoms in total. The highest BCUT2D eigenvalue weighted by molar-refractivity contribution is 5.76. The van der Waals surface area contributed by atoms with Crippen LogP contribution in [0.4, 0.5) is 0 Å². The lowest BCUT2D eigenvalue weighted by molar-refractivity contribution is -0.130. The van der Waals surface area contributed by atoms with Gasteiger partial charge < -0.3 is 10.6 Å². The highest BCUT2D eigenvalue weighted by atomic mass is 16.2. The second-order valence-corrected chi connectivity index (χ2v) is 4.64. The minimum atomic E-state index is -0.0252. The molecular weight excluding hydrogens is 212 g/mol. The molecule has 1 aliphatic heterocycles. The van der Waals surface area contributed by atoms with Crippen molar-refractivity contribution in [1.29, 1.82) is 0 Å². The van der Waals surface area contributed by atoms with E-state index in [0.717, 1.165) is 37.9 Å². The van der Waals surface area contributed by atoms with Gasteiger partial charge in [0.1, 0.15) is 0 Å². The summed E-state index contributed by atoms with van der Waals surface area (Å²) in [7, 11) is 0. The van der Waals surface area contributed by atoms with Crippen LogP contribution < -0.4 is 5.73 Å². The third-order valence-corrected chi connectivity index (χ3v) is 3.36. The summed E-state index contributed by atoms with van der Waals surface area (Å²) in [6.07, 6.45) is 3.60. The Labute approximate surface area is 103 Å². The number of nitrogens with zero attached hydrogens (tertiary/aromatic N) is 1.